The van der Waals surface area contributed by atoms with Crippen LogP contribution >= 0.6 is 0 Å². The zero-order chi connectivity index (χ0) is 13.7. The Morgan fingerprint density at radius 3 is 2.79 bits per heavy atom. The number of rotatable bonds is 6. The van der Waals surface area contributed by atoms with Gasteiger partial charge in [-0.2, -0.15) is 4.80 Å². The third-order valence-corrected chi connectivity index (χ3v) is 2.52. The highest BCUT2D eigenvalue weighted by Crippen LogP contribution is 2.28. The molecule has 19 heavy (non-hydrogen) atoms. The molecule has 1 heterocycles. The summed E-state index contributed by atoms with van der Waals surface area (Å²) in [7, 11) is 5.22. The minimum Gasteiger partial charge on any atom is -0.493 e. The van der Waals surface area contributed by atoms with Crippen LogP contribution in [0.3, 0.4) is 0 Å². The van der Waals surface area contributed by atoms with Crippen LogP contribution in [-0.2, 0) is 20.2 Å². The van der Waals surface area contributed by atoms with Crippen LogP contribution in [0.1, 0.15) is 11.4 Å². The standard InChI is InChI=1S/C12H17N5O2/c1-13-7-9-4-5-10(18-3)11(6-9)19-8-12-14-16-17(2)15-12/h4-6,13H,7-8H2,1-3H3. The van der Waals surface area contributed by atoms with Crippen molar-refractivity contribution < 1.29 is 9.47 Å². The third kappa shape index (κ3) is 3.41. The quantitative estimate of drug-likeness (QED) is 0.819. The Bertz CT molecular complexity index is 541. The fourth-order valence-electron chi connectivity index (χ4n) is 1.67. The Morgan fingerprint density at radius 2 is 2.16 bits per heavy atom. The predicted octanol–water partition coefficient (Wildman–Crippen LogP) is 0.517. The molecule has 0 spiro atoms. The number of hydrogen-bond donors (Lipinski definition) is 1. The van der Waals surface area contributed by atoms with Gasteiger partial charge in [0, 0.05) is 6.54 Å². The smallest absolute Gasteiger partial charge is 0.212 e. The Kier molecular flexibility index (Phi) is 4.30. The number of nitrogens with one attached hydrogen (secondary N) is 1. The maximum Gasteiger partial charge on any atom is 0.212 e. The second kappa shape index (κ2) is 6.14. The molecule has 0 radical (unpaired) electrons. The van der Waals surface area contributed by atoms with Crippen molar-refractivity contribution in [2.75, 3.05) is 14.2 Å². The topological polar surface area (TPSA) is 74.1 Å². The molecule has 1 N–H and O–H groups in total. The summed E-state index contributed by atoms with van der Waals surface area (Å²) in [6.45, 7) is 1.02. The van der Waals surface area contributed by atoms with E-state index in [1.54, 1.807) is 14.2 Å². The molecule has 0 atom stereocenters. The van der Waals surface area contributed by atoms with Crippen molar-refractivity contribution in [3.8, 4) is 11.5 Å². The van der Waals surface area contributed by atoms with E-state index in [1.165, 1.54) is 4.80 Å². The minimum atomic E-state index is 0.257. The van der Waals surface area contributed by atoms with Gasteiger partial charge < -0.3 is 14.8 Å². The van der Waals surface area contributed by atoms with E-state index in [-0.39, 0.29) is 6.61 Å². The first-order chi connectivity index (χ1) is 9.22. The SMILES string of the molecule is CNCc1ccc(OC)c(OCc2nnn(C)n2)c1. The molecule has 2 aromatic rings. The second-order valence-electron chi connectivity index (χ2n) is 4.00. The summed E-state index contributed by atoms with van der Waals surface area (Å²) in [6.07, 6.45) is 0. The molecule has 0 aliphatic rings. The molecule has 1 aromatic heterocycles. The van der Waals surface area contributed by atoms with Crippen molar-refractivity contribution in [3.63, 3.8) is 0 Å². The summed E-state index contributed by atoms with van der Waals surface area (Å²) in [5, 5.41) is 14.8. The molecule has 0 aliphatic heterocycles. The van der Waals surface area contributed by atoms with Crippen molar-refractivity contribution in [1.82, 2.24) is 25.5 Å². The van der Waals surface area contributed by atoms with Crippen molar-refractivity contribution in [1.29, 1.82) is 0 Å². The molecule has 0 unspecified atom stereocenters. The van der Waals surface area contributed by atoms with Gasteiger partial charge in [-0.05, 0) is 30.0 Å². The van der Waals surface area contributed by atoms with Crippen LogP contribution in [0.2, 0.25) is 0 Å². The molecule has 2 rings (SSSR count). The lowest BCUT2D eigenvalue weighted by Gasteiger charge is -2.11. The fraction of sp³-hybridized carbons (Fsp3) is 0.417. The molecule has 7 nitrogen and oxygen atoms in total. The van der Waals surface area contributed by atoms with Gasteiger partial charge in [-0.25, -0.2) is 0 Å². The molecule has 0 aliphatic carbocycles. The monoisotopic (exact) mass is 263 g/mol. The van der Waals surface area contributed by atoms with Crippen LogP contribution in [0, 0.1) is 0 Å². The van der Waals surface area contributed by atoms with Gasteiger partial charge in [-0.1, -0.05) is 6.07 Å². The molecule has 7 heteroatoms. The number of methoxy groups -OCH3 is 1. The molecular formula is C12H17N5O2. The lowest BCUT2D eigenvalue weighted by Crippen LogP contribution is -2.06. The molecule has 0 amide bonds. The Balaban J connectivity index is 2.10. The Morgan fingerprint density at radius 1 is 1.32 bits per heavy atom. The van der Waals surface area contributed by atoms with E-state index >= 15 is 0 Å². The molecule has 0 fully saturated rings. The number of nitrogens with zero attached hydrogens (tertiary/aromatic N) is 4. The highest BCUT2D eigenvalue weighted by Gasteiger charge is 2.08. The van der Waals surface area contributed by atoms with Crippen LogP contribution in [-0.4, -0.2) is 34.4 Å². The van der Waals surface area contributed by atoms with Crippen LogP contribution < -0.4 is 14.8 Å². The predicted molar refractivity (Wildman–Crippen MR) is 68.9 cm³/mol. The van der Waals surface area contributed by atoms with Gasteiger partial charge in [0.2, 0.25) is 5.82 Å². The summed E-state index contributed by atoms with van der Waals surface area (Å²) in [5.74, 6) is 1.88. The number of aryl methyl sites for hydroxylation is 1. The van der Waals surface area contributed by atoms with Gasteiger partial charge in [0.1, 0.15) is 0 Å². The maximum absolute atomic E-state index is 5.68. The molecule has 0 saturated heterocycles. The van der Waals surface area contributed by atoms with Crippen LogP contribution in [0.5, 0.6) is 11.5 Å². The van der Waals surface area contributed by atoms with E-state index in [0.717, 1.165) is 12.1 Å². The first kappa shape index (κ1) is 13.3. The van der Waals surface area contributed by atoms with E-state index in [1.807, 2.05) is 25.2 Å². The van der Waals surface area contributed by atoms with Crippen LogP contribution in [0.15, 0.2) is 18.2 Å². The largest absolute Gasteiger partial charge is 0.493 e. The molecule has 0 saturated carbocycles. The van der Waals surface area contributed by atoms with Crippen molar-refractivity contribution >= 4 is 0 Å². The van der Waals surface area contributed by atoms with Gasteiger partial charge in [0.05, 0.1) is 14.2 Å². The number of ether oxygens (including phenoxy) is 2. The van der Waals surface area contributed by atoms with Gasteiger partial charge in [-0.3, -0.25) is 0 Å². The van der Waals surface area contributed by atoms with Gasteiger partial charge >= 0.3 is 0 Å². The van der Waals surface area contributed by atoms with Gasteiger partial charge in [0.25, 0.3) is 0 Å². The van der Waals surface area contributed by atoms with E-state index < -0.39 is 0 Å². The number of aromatic nitrogens is 4. The highest BCUT2D eigenvalue weighted by molar-refractivity contribution is 5.42. The third-order valence-electron chi connectivity index (χ3n) is 2.52. The first-order valence-corrected chi connectivity index (χ1v) is 5.90. The Labute approximate surface area is 111 Å². The minimum absolute atomic E-state index is 0.257. The summed E-state index contributed by atoms with van der Waals surface area (Å²) < 4.78 is 10.9. The van der Waals surface area contributed by atoms with Crippen LogP contribution in [0.4, 0.5) is 0 Å². The number of hydrogen-bond acceptors (Lipinski definition) is 6. The molecular weight excluding hydrogens is 246 g/mol. The van der Waals surface area contributed by atoms with E-state index in [4.69, 9.17) is 9.47 Å². The van der Waals surface area contributed by atoms with Crippen molar-refractivity contribution in [2.45, 2.75) is 13.2 Å². The zero-order valence-corrected chi connectivity index (χ0v) is 11.3. The zero-order valence-electron chi connectivity index (χ0n) is 11.3. The lowest BCUT2D eigenvalue weighted by molar-refractivity contribution is 0.275. The summed E-state index contributed by atoms with van der Waals surface area (Å²) >= 11 is 0. The summed E-state index contributed by atoms with van der Waals surface area (Å²) in [6, 6.07) is 5.81. The normalized spacial score (nSPS) is 10.5. The lowest BCUT2D eigenvalue weighted by atomic mass is 10.2. The van der Waals surface area contributed by atoms with Crippen LogP contribution in [0.25, 0.3) is 0 Å². The van der Waals surface area contributed by atoms with E-state index in [0.29, 0.717) is 17.3 Å². The molecule has 1 aromatic carbocycles. The first-order valence-electron chi connectivity index (χ1n) is 5.90. The molecule has 0 bridgehead atoms. The van der Waals surface area contributed by atoms with Crippen molar-refractivity contribution in [2.24, 2.45) is 7.05 Å². The number of benzene rings is 1. The average molecular weight is 263 g/mol. The van der Waals surface area contributed by atoms with E-state index in [9.17, 15) is 0 Å². The van der Waals surface area contributed by atoms with E-state index in [2.05, 4.69) is 20.7 Å². The number of tetrazole rings is 1. The summed E-state index contributed by atoms with van der Waals surface area (Å²) in [5.41, 5.74) is 1.12. The second-order valence-corrected chi connectivity index (χ2v) is 4.00. The van der Waals surface area contributed by atoms with Gasteiger partial charge in [0.15, 0.2) is 18.1 Å². The van der Waals surface area contributed by atoms with Crippen molar-refractivity contribution in [3.05, 3.63) is 29.6 Å². The highest BCUT2D eigenvalue weighted by atomic mass is 16.5. The Hall–Kier alpha value is -2.15. The summed E-state index contributed by atoms with van der Waals surface area (Å²) in [4.78, 5) is 1.40. The van der Waals surface area contributed by atoms with Gasteiger partial charge in [-0.15, -0.1) is 10.2 Å². The fourth-order valence-corrected chi connectivity index (χ4v) is 1.67. The molecule has 102 valence electrons. The maximum atomic E-state index is 5.68. The average Bonchev–Trinajstić information content (AvgIpc) is 2.83.